The van der Waals surface area contributed by atoms with Crippen molar-refractivity contribution in [2.45, 2.75) is 18.6 Å². The van der Waals surface area contributed by atoms with Gasteiger partial charge in [0.05, 0.1) is 30.0 Å². The third-order valence-corrected chi connectivity index (χ3v) is 3.61. The van der Waals surface area contributed by atoms with Gasteiger partial charge in [0.15, 0.2) is 0 Å². The molecule has 5 nitrogen and oxygen atoms in total. The number of fused-ring (bicyclic) bond motifs is 2. The molecule has 0 saturated carbocycles. The number of aromatic nitrogens is 1. The van der Waals surface area contributed by atoms with Crippen LogP contribution >= 0.6 is 0 Å². The summed E-state index contributed by atoms with van der Waals surface area (Å²) in [5, 5.41) is 2.91. The number of likely N-dealkylation sites (N-methyl/N-ethyl adjacent to an activating group) is 1. The fraction of sp³-hybridized carbons (Fsp3) is 0.538. The third kappa shape index (κ3) is 2.23. The van der Waals surface area contributed by atoms with Crippen LogP contribution in [0, 0.1) is 5.92 Å². The highest BCUT2D eigenvalue weighted by atomic mass is 16.5. The molecule has 96 valence electrons. The number of ether oxygens (including phenoxy) is 1. The highest BCUT2D eigenvalue weighted by molar-refractivity contribution is 5.93. The van der Waals surface area contributed by atoms with Crippen molar-refractivity contribution in [1.82, 2.24) is 9.88 Å². The summed E-state index contributed by atoms with van der Waals surface area (Å²) in [6, 6.07) is 3.66. The molecule has 0 radical (unpaired) electrons. The molecular formula is C13H17N3O2. The minimum Gasteiger partial charge on any atom is -0.371 e. The molecule has 2 saturated heterocycles. The number of anilines is 1. The molecule has 2 bridgehead atoms. The zero-order valence-corrected chi connectivity index (χ0v) is 10.4. The van der Waals surface area contributed by atoms with Gasteiger partial charge in [-0.25, -0.2) is 0 Å². The summed E-state index contributed by atoms with van der Waals surface area (Å²) in [5.74, 6) is 0.00551. The Morgan fingerprint density at radius 1 is 1.56 bits per heavy atom. The quantitative estimate of drug-likeness (QED) is 0.837. The van der Waals surface area contributed by atoms with Gasteiger partial charge in [-0.2, -0.15) is 0 Å². The summed E-state index contributed by atoms with van der Waals surface area (Å²) < 4.78 is 5.82. The van der Waals surface area contributed by atoms with Gasteiger partial charge in [0.2, 0.25) is 5.91 Å². The summed E-state index contributed by atoms with van der Waals surface area (Å²) in [5.41, 5.74) is 0.748. The van der Waals surface area contributed by atoms with Crippen LogP contribution in [-0.4, -0.2) is 48.1 Å². The van der Waals surface area contributed by atoms with E-state index in [0.29, 0.717) is 0 Å². The zero-order valence-electron chi connectivity index (χ0n) is 10.4. The molecule has 0 aromatic carbocycles. The third-order valence-electron chi connectivity index (χ3n) is 3.61. The van der Waals surface area contributed by atoms with E-state index in [0.717, 1.165) is 25.2 Å². The summed E-state index contributed by atoms with van der Waals surface area (Å²) in [4.78, 5) is 18.4. The number of amides is 1. The Hall–Kier alpha value is -1.46. The van der Waals surface area contributed by atoms with Crippen LogP contribution in [0.2, 0.25) is 0 Å². The van der Waals surface area contributed by atoms with Crippen LogP contribution in [0.4, 0.5) is 5.69 Å². The molecule has 18 heavy (non-hydrogen) atoms. The molecule has 3 rings (SSSR count). The normalized spacial score (nSPS) is 31.3. The fourth-order valence-corrected chi connectivity index (χ4v) is 2.80. The molecule has 2 fully saturated rings. The van der Waals surface area contributed by atoms with Crippen molar-refractivity contribution >= 4 is 11.6 Å². The number of carbonyl (C=O) groups is 1. The SMILES string of the molecule is CN1C[C@H]2C[C@H](C(=O)Nc3cccnc3)[C@@H](C1)O2. The van der Waals surface area contributed by atoms with Crippen LogP contribution in [0.1, 0.15) is 6.42 Å². The Kier molecular flexibility index (Phi) is 3.01. The highest BCUT2D eigenvalue weighted by Gasteiger charge is 2.43. The van der Waals surface area contributed by atoms with Crippen molar-refractivity contribution in [2.24, 2.45) is 5.92 Å². The summed E-state index contributed by atoms with van der Waals surface area (Å²) in [7, 11) is 2.07. The molecule has 5 heteroatoms. The molecule has 3 atom stereocenters. The van der Waals surface area contributed by atoms with Crippen LogP contribution in [0.25, 0.3) is 0 Å². The molecule has 1 aromatic rings. The minimum atomic E-state index is -0.0415. The smallest absolute Gasteiger partial charge is 0.230 e. The first-order chi connectivity index (χ1) is 8.72. The van der Waals surface area contributed by atoms with E-state index in [9.17, 15) is 4.79 Å². The standard InChI is InChI=1S/C13H17N3O2/c1-16-7-10-5-11(12(8-16)18-10)13(17)15-9-3-2-4-14-6-9/h2-4,6,10-12H,5,7-8H2,1H3,(H,15,17)/t10-,11+,12-/m1/s1. The maximum absolute atomic E-state index is 12.2. The van der Waals surface area contributed by atoms with Crippen molar-refractivity contribution < 1.29 is 9.53 Å². The number of likely N-dealkylation sites (tertiary alicyclic amines) is 1. The largest absolute Gasteiger partial charge is 0.371 e. The Bertz CT molecular complexity index is 437. The van der Waals surface area contributed by atoms with Crippen LogP contribution in [0.3, 0.4) is 0 Å². The molecule has 0 unspecified atom stereocenters. The second-order valence-electron chi connectivity index (χ2n) is 5.09. The number of hydrogen-bond donors (Lipinski definition) is 1. The van der Waals surface area contributed by atoms with E-state index >= 15 is 0 Å². The van der Waals surface area contributed by atoms with Gasteiger partial charge in [-0.05, 0) is 25.6 Å². The second-order valence-corrected chi connectivity index (χ2v) is 5.09. The molecule has 2 aliphatic rings. The molecule has 1 N–H and O–H groups in total. The number of morpholine rings is 1. The predicted molar refractivity (Wildman–Crippen MR) is 67.1 cm³/mol. The van der Waals surface area contributed by atoms with Crippen LogP contribution in [0.15, 0.2) is 24.5 Å². The molecule has 3 heterocycles. The number of rotatable bonds is 2. The van der Waals surface area contributed by atoms with E-state index in [1.54, 1.807) is 12.4 Å². The monoisotopic (exact) mass is 247 g/mol. The van der Waals surface area contributed by atoms with E-state index in [1.165, 1.54) is 0 Å². The Morgan fingerprint density at radius 3 is 3.22 bits per heavy atom. The van der Waals surface area contributed by atoms with E-state index in [4.69, 9.17) is 4.74 Å². The average molecular weight is 247 g/mol. The number of nitrogens with one attached hydrogen (secondary N) is 1. The van der Waals surface area contributed by atoms with Gasteiger partial charge in [0, 0.05) is 19.3 Å². The van der Waals surface area contributed by atoms with E-state index in [-0.39, 0.29) is 24.0 Å². The number of hydrogen-bond acceptors (Lipinski definition) is 4. The van der Waals surface area contributed by atoms with Crippen LogP contribution in [0.5, 0.6) is 0 Å². The lowest BCUT2D eigenvalue weighted by molar-refractivity contribution is -0.122. The fourth-order valence-electron chi connectivity index (χ4n) is 2.80. The van der Waals surface area contributed by atoms with E-state index < -0.39 is 0 Å². The average Bonchev–Trinajstić information content (AvgIpc) is 2.66. The van der Waals surface area contributed by atoms with E-state index in [2.05, 4.69) is 22.2 Å². The van der Waals surface area contributed by atoms with Crippen molar-refractivity contribution in [3.05, 3.63) is 24.5 Å². The Labute approximate surface area is 106 Å². The van der Waals surface area contributed by atoms with Gasteiger partial charge in [-0.15, -0.1) is 0 Å². The second kappa shape index (κ2) is 4.66. The zero-order chi connectivity index (χ0) is 12.5. The molecule has 1 aromatic heterocycles. The lowest BCUT2D eigenvalue weighted by atomic mass is 9.99. The topological polar surface area (TPSA) is 54.5 Å². The van der Waals surface area contributed by atoms with Crippen LogP contribution in [-0.2, 0) is 9.53 Å². The molecule has 0 spiro atoms. The van der Waals surface area contributed by atoms with Crippen molar-refractivity contribution in [3.8, 4) is 0 Å². The number of carbonyl (C=O) groups excluding carboxylic acids is 1. The maximum atomic E-state index is 12.2. The van der Waals surface area contributed by atoms with Gasteiger partial charge in [-0.1, -0.05) is 0 Å². The molecule has 2 aliphatic heterocycles. The van der Waals surface area contributed by atoms with Gasteiger partial charge in [0.25, 0.3) is 0 Å². The molecule has 0 aliphatic carbocycles. The van der Waals surface area contributed by atoms with Gasteiger partial charge >= 0.3 is 0 Å². The summed E-state index contributed by atoms with van der Waals surface area (Å²) in [6.07, 6.45) is 4.41. The minimum absolute atomic E-state index is 0.0328. The first-order valence-electron chi connectivity index (χ1n) is 6.27. The van der Waals surface area contributed by atoms with Gasteiger partial charge in [-0.3, -0.25) is 9.78 Å². The van der Waals surface area contributed by atoms with E-state index in [1.807, 2.05) is 12.1 Å². The summed E-state index contributed by atoms with van der Waals surface area (Å²) >= 11 is 0. The molecular weight excluding hydrogens is 230 g/mol. The number of pyridine rings is 1. The van der Waals surface area contributed by atoms with Gasteiger partial charge < -0.3 is 15.0 Å². The van der Waals surface area contributed by atoms with Crippen molar-refractivity contribution in [1.29, 1.82) is 0 Å². The van der Waals surface area contributed by atoms with Crippen molar-refractivity contribution in [3.63, 3.8) is 0 Å². The first-order valence-corrected chi connectivity index (χ1v) is 6.27. The van der Waals surface area contributed by atoms with Crippen molar-refractivity contribution in [2.75, 3.05) is 25.5 Å². The lowest BCUT2D eigenvalue weighted by Crippen LogP contribution is -2.42. The maximum Gasteiger partial charge on any atom is 0.230 e. The Balaban J connectivity index is 1.67. The summed E-state index contributed by atoms with van der Waals surface area (Å²) in [6.45, 7) is 1.76. The Morgan fingerprint density at radius 2 is 2.44 bits per heavy atom. The van der Waals surface area contributed by atoms with Gasteiger partial charge in [0.1, 0.15) is 0 Å². The number of nitrogens with zero attached hydrogens (tertiary/aromatic N) is 2. The first kappa shape index (κ1) is 11.6. The predicted octanol–water partition coefficient (Wildman–Crippen LogP) is 0.739. The van der Waals surface area contributed by atoms with Crippen LogP contribution < -0.4 is 5.32 Å². The highest BCUT2D eigenvalue weighted by Crippen LogP contribution is 2.32. The molecule has 1 amide bonds. The lowest BCUT2D eigenvalue weighted by Gasteiger charge is -2.29.